The minimum Gasteiger partial charge on any atom is -0.493 e. The van der Waals surface area contributed by atoms with Crippen LogP contribution >= 0.6 is 11.8 Å². The fourth-order valence-electron chi connectivity index (χ4n) is 3.96. The first kappa shape index (κ1) is 18.0. The van der Waals surface area contributed by atoms with Gasteiger partial charge in [-0.25, -0.2) is 0 Å². The number of methoxy groups -OCH3 is 2. The summed E-state index contributed by atoms with van der Waals surface area (Å²) in [5.74, 6) is 2.05. The highest BCUT2D eigenvalue weighted by atomic mass is 32.2. The van der Waals surface area contributed by atoms with Crippen LogP contribution in [0.2, 0.25) is 0 Å². The molecule has 0 saturated heterocycles. The lowest BCUT2D eigenvalue weighted by Crippen LogP contribution is -2.18. The van der Waals surface area contributed by atoms with Gasteiger partial charge in [0.2, 0.25) is 5.91 Å². The Labute approximate surface area is 161 Å². The van der Waals surface area contributed by atoms with Crippen molar-refractivity contribution in [1.82, 2.24) is 9.78 Å². The van der Waals surface area contributed by atoms with Crippen molar-refractivity contribution in [3.8, 4) is 11.5 Å². The maximum absolute atomic E-state index is 12.9. The summed E-state index contributed by atoms with van der Waals surface area (Å²) in [6.07, 6.45) is 4.31. The van der Waals surface area contributed by atoms with Crippen molar-refractivity contribution in [2.24, 2.45) is 0 Å². The number of rotatable bonds is 4. The van der Waals surface area contributed by atoms with Gasteiger partial charge in [-0.1, -0.05) is 18.9 Å². The molecule has 1 aromatic carbocycles. The zero-order chi connectivity index (χ0) is 19.0. The third-order valence-corrected chi connectivity index (χ3v) is 6.53. The van der Waals surface area contributed by atoms with E-state index in [0.29, 0.717) is 22.9 Å². The van der Waals surface area contributed by atoms with E-state index in [4.69, 9.17) is 9.47 Å². The summed E-state index contributed by atoms with van der Waals surface area (Å²) in [6.45, 7) is 0. The Bertz CT molecular complexity index is 914. The highest BCUT2D eigenvalue weighted by Crippen LogP contribution is 2.43. The summed E-state index contributed by atoms with van der Waals surface area (Å²) in [7, 11) is 3.17. The number of nitrogens with one attached hydrogen (secondary N) is 2. The summed E-state index contributed by atoms with van der Waals surface area (Å²) in [5.41, 5.74) is 1.36. The molecule has 4 rings (SSSR count). The van der Waals surface area contributed by atoms with Crippen LogP contribution in [-0.4, -0.2) is 35.7 Å². The normalized spacial score (nSPS) is 20.1. The summed E-state index contributed by atoms with van der Waals surface area (Å²) in [5, 5.41) is 5.67. The van der Waals surface area contributed by atoms with Gasteiger partial charge in [0.15, 0.2) is 11.5 Å². The minimum absolute atomic E-state index is 0.0880. The second-order valence-corrected chi connectivity index (χ2v) is 7.96. The van der Waals surface area contributed by atoms with Crippen molar-refractivity contribution in [3.63, 3.8) is 0 Å². The third kappa shape index (κ3) is 3.22. The molecule has 0 radical (unpaired) electrons. The van der Waals surface area contributed by atoms with Crippen LogP contribution < -0.4 is 20.3 Å². The number of aromatic nitrogens is 2. The number of hydrogen-bond acceptors (Lipinski definition) is 5. The second-order valence-electron chi connectivity index (χ2n) is 6.87. The molecule has 1 aliphatic heterocycles. The van der Waals surface area contributed by atoms with Crippen LogP contribution in [0.25, 0.3) is 0 Å². The van der Waals surface area contributed by atoms with E-state index in [2.05, 4.69) is 10.4 Å². The first-order chi connectivity index (χ1) is 13.1. The van der Waals surface area contributed by atoms with Gasteiger partial charge >= 0.3 is 0 Å². The number of benzene rings is 1. The van der Waals surface area contributed by atoms with Gasteiger partial charge in [0, 0.05) is 0 Å². The van der Waals surface area contributed by atoms with E-state index in [-0.39, 0.29) is 28.5 Å². The molecule has 144 valence electrons. The Hall–Kier alpha value is -2.35. The number of amides is 1. The molecule has 1 amide bonds. The number of fused-ring (bicyclic) bond motifs is 1. The van der Waals surface area contributed by atoms with Crippen molar-refractivity contribution in [2.45, 2.75) is 37.0 Å². The molecular weight excluding hydrogens is 366 g/mol. The van der Waals surface area contributed by atoms with Gasteiger partial charge in [-0.3, -0.25) is 19.4 Å². The van der Waals surface area contributed by atoms with Crippen LogP contribution in [0.5, 0.6) is 11.5 Å². The maximum atomic E-state index is 12.9. The zero-order valence-corrected chi connectivity index (χ0v) is 16.2. The van der Waals surface area contributed by atoms with E-state index < -0.39 is 0 Å². The van der Waals surface area contributed by atoms with Gasteiger partial charge < -0.3 is 14.8 Å². The average Bonchev–Trinajstić information content (AvgIpc) is 3.27. The van der Waals surface area contributed by atoms with Crippen LogP contribution in [0.4, 0.5) is 5.82 Å². The molecule has 0 bridgehead atoms. The van der Waals surface area contributed by atoms with Crippen LogP contribution in [0, 0.1) is 0 Å². The fourth-order valence-corrected chi connectivity index (χ4v) is 5.07. The molecule has 27 heavy (non-hydrogen) atoms. The lowest BCUT2D eigenvalue weighted by atomic mass is 10.1. The SMILES string of the molecule is COc1ccc([C@@H]2SCC(=O)Nc3c2c(=O)[nH]n3C2CCCC2)cc1OC. The number of carbonyl (C=O) groups excluding carboxylic acids is 1. The number of anilines is 1. The van der Waals surface area contributed by atoms with Crippen molar-refractivity contribution in [2.75, 3.05) is 25.3 Å². The molecule has 8 heteroatoms. The maximum Gasteiger partial charge on any atom is 0.270 e. The molecule has 2 heterocycles. The Balaban J connectivity index is 1.82. The van der Waals surface area contributed by atoms with Crippen molar-refractivity contribution >= 4 is 23.5 Å². The van der Waals surface area contributed by atoms with E-state index in [1.54, 1.807) is 14.2 Å². The van der Waals surface area contributed by atoms with Gasteiger partial charge in [-0.2, -0.15) is 0 Å². The van der Waals surface area contributed by atoms with Crippen molar-refractivity contribution in [1.29, 1.82) is 0 Å². The first-order valence-electron chi connectivity index (χ1n) is 9.10. The highest BCUT2D eigenvalue weighted by molar-refractivity contribution is 8.00. The molecule has 1 atom stereocenters. The molecule has 1 saturated carbocycles. The molecule has 0 unspecified atom stereocenters. The second kappa shape index (κ2) is 7.34. The lowest BCUT2D eigenvalue weighted by Gasteiger charge is -2.17. The lowest BCUT2D eigenvalue weighted by molar-refractivity contribution is -0.113. The molecule has 2 aromatic rings. The van der Waals surface area contributed by atoms with Crippen molar-refractivity contribution < 1.29 is 14.3 Å². The van der Waals surface area contributed by atoms with Gasteiger partial charge in [-0.15, -0.1) is 11.8 Å². The number of aromatic amines is 1. The monoisotopic (exact) mass is 389 g/mol. The van der Waals surface area contributed by atoms with E-state index in [1.807, 2.05) is 22.9 Å². The van der Waals surface area contributed by atoms with Crippen LogP contribution in [0.1, 0.15) is 48.1 Å². The Morgan fingerprint density at radius 3 is 2.56 bits per heavy atom. The standard InChI is InChI=1S/C19H23N3O4S/c1-25-13-8-7-11(9-14(13)26-2)17-16-18(20-15(23)10-27-17)22(21-19(16)24)12-5-3-4-6-12/h7-9,12,17H,3-6,10H2,1-2H3,(H,20,23)(H,21,24)/t17-/m0/s1. The number of thioether (sulfide) groups is 1. The van der Waals surface area contributed by atoms with Crippen molar-refractivity contribution in [3.05, 3.63) is 39.7 Å². The molecular formula is C19H23N3O4S. The number of hydrogen-bond donors (Lipinski definition) is 2. The van der Waals surface area contributed by atoms with Gasteiger partial charge in [-0.05, 0) is 30.5 Å². The topological polar surface area (TPSA) is 85.4 Å². The number of ether oxygens (including phenoxy) is 2. The first-order valence-corrected chi connectivity index (χ1v) is 10.1. The summed E-state index contributed by atoms with van der Waals surface area (Å²) < 4.78 is 12.6. The van der Waals surface area contributed by atoms with Crippen LogP contribution in [0.15, 0.2) is 23.0 Å². The van der Waals surface area contributed by atoms with Crippen LogP contribution in [0.3, 0.4) is 0 Å². The Morgan fingerprint density at radius 2 is 1.85 bits per heavy atom. The summed E-state index contributed by atoms with van der Waals surface area (Å²) in [4.78, 5) is 25.2. The summed E-state index contributed by atoms with van der Waals surface area (Å²) >= 11 is 1.45. The molecule has 7 nitrogen and oxygen atoms in total. The molecule has 2 N–H and O–H groups in total. The molecule has 2 aliphatic rings. The molecule has 1 aromatic heterocycles. The molecule has 1 aliphatic carbocycles. The predicted molar refractivity (Wildman–Crippen MR) is 105 cm³/mol. The molecule has 0 spiro atoms. The predicted octanol–water partition coefficient (Wildman–Crippen LogP) is 3.08. The van der Waals surface area contributed by atoms with Crippen LogP contribution in [-0.2, 0) is 4.79 Å². The number of nitrogens with zero attached hydrogens (tertiary/aromatic N) is 1. The smallest absolute Gasteiger partial charge is 0.270 e. The Kier molecular flexibility index (Phi) is 4.90. The van der Waals surface area contributed by atoms with Gasteiger partial charge in [0.25, 0.3) is 5.56 Å². The van der Waals surface area contributed by atoms with E-state index in [9.17, 15) is 9.59 Å². The minimum atomic E-state index is -0.259. The Morgan fingerprint density at radius 1 is 1.11 bits per heavy atom. The van der Waals surface area contributed by atoms with Gasteiger partial charge in [0.05, 0.1) is 36.8 Å². The molecule has 1 fully saturated rings. The van der Waals surface area contributed by atoms with E-state index >= 15 is 0 Å². The average molecular weight is 389 g/mol. The quantitative estimate of drug-likeness (QED) is 0.839. The van der Waals surface area contributed by atoms with E-state index in [0.717, 1.165) is 31.2 Å². The van der Waals surface area contributed by atoms with E-state index in [1.165, 1.54) is 11.8 Å². The largest absolute Gasteiger partial charge is 0.493 e. The highest BCUT2D eigenvalue weighted by Gasteiger charge is 2.33. The third-order valence-electron chi connectivity index (χ3n) is 5.26. The fraction of sp³-hybridized carbons (Fsp3) is 0.474. The summed E-state index contributed by atoms with van der Waals surface area (Å²) in [6, 6.07) is 5.86. The number of H-pyrrole nitrogens is 1. The zero-order valence-electron chi connectivity index (χ0n) is 15.4. The van der Waals surface area contributed by atoms with Gasteiger partial charge in [0.1, 0.15) is 5.82 Å². The number of carbonyl (C=O) groups is 1.